The molecule has 0 fully saturated rings. The molecule has 0 bridgehead atoms. The van der Waals surface area contributed by atoms with Crippen molar-refractivity contribution in [1.82, 2.24) is 14.8 Å². The number of nitrogens with zero attached hydrogens (tertiary/aromatic N) is 3. The zero-order valence-electron chi connectivity index (χ0n) is 16.2. The van der Waals surface area contributed by atoms with Crippen LogP contribution in [0.1, 0.15) is 5.56 Å². The summed E-state index contributed by atoms with van der Waals surface area (Å²) in [6.07, 6.45) is 1.65. The number of anilines is 1. The van der Waals surface area contributed by atoms with Gasteiger partial charge in [-0.15, -0.1) is 10.2 Å². The van der Waals surface area contributed by atoms with Gasteiger partial charge < -0.3 is 9.73 Å². The van der Waals surface area contributed by atoms with Crippen LogP contribution in [0.4, 0.5) is 5.69 Å². The summed E-state index contributed by atoms with van der Waals surface area (Å²) < 4.78 is 7.76. The Kier molecular flexibility index (Phi) is 4.72. The molecule has 7 heteroatoms. The number of hydrogen-bond acceptors (Lipinski definition) is 5. The van der Waals surface area contributed by atoms with Gasteiger partial charge in [-0.25, -0.2) is 0 Å². The summed E-state index contributed by atoms with van der Waals surface area (Å²) in [5, 5.41) is 13.8. The SMILES string of the molecule is Cc1ccc(-n2cnnc2SCC(=O)Nc2ccc3c(c2)oc2ccccc23)cc1. The summed E-state index contributed by atoms with van der Waals surface area (Å²) in [4.78, 5) is 12.5. The van der Waals surface area contributed by atoms with E-state index in [1.165, 1.54) is 17.3 Å². The number of carbonyl (C=O) groups is 1. The van der Waals surface area contributed by atoms with Crippen LogP contribution in [-0.2, 0) is 4.79 Å². The summed E-state index contributed by atoms with van der Waals surface area (Å²) in [6.45, 7) is 2.04. The molecular formula is C23H18N4O2S. The van der Waals surface area contributed by atoms with E-state index in [0.717, 1.165) is 27.6 Å². The van der Waals surface area contributed by atoms with Crippen LogP contribution in [0.25, 0.3) is 27.6 Å². The monoisotopic (exact) mass is 414 g/mol. The van der Waals surface area contributed by atoms with E-state index in [2.05, 4.69) is 15.5 Å². The fraction of sp³-hybridized carbons (Fsp3) is 0.0870. The van der Waals surface area contributed by atoms with Crippen LogP contribution in [0.3, 0.4) is 0 Å². The molecule has 148 valence electrons. The van der Waals surface area contributed by atoms with E-state index >= 15 is 0 Å². The smallest absolute Gasteiger partial charge is 0.234 e. The molecule has 0 spiro atoms. The topological polar surface area (TPSA) is 73.0 Å². The number of aromatic nitrogens is 3. The molecule has 5 aromatic rings. The maximum absolute atomic E-state index is 12.5. The second kappa shape index (κ2) is 7.68. The van der Waals surface area contributed by atoms with Gasteiger partial charge in [0.1, 0.15) is 17.5 Å². The lowest BCUT2D eigenvalue weighted by Gasteiger charge is -2.07. The van der Waals surface area contributed by atoms with Crippen LogP contribution in [0.15, 0.2) is 82.6 Å². The van der Waals surface area contributed by atoms with E-state index in [1.807, 2.05) is 78.2 Å². The van der Waals surface area contributed by atoms with Gasteiger partial charge in [0.15, 0.2) is 5.16 Å². The van der Waals surface area contributed by atoms with E-state index in [4.69, 9.17) is 4.42 Å². The van der Waals surface area contributed by atoms with Crippen LogP contribution < -0.4 is 5.32 Å². The summed E-state index contributed by atoms with van der Waals surface area (Å²) in [6, 6.07) is 21.7. The Bertz CT molecular complexity index is 1350. The third kappa shape index (κ3) is 3.55. The van der Waals surface area contributed by atoms with Gasteiger partial charge in [0, 0.05) is 28.2 Å². The first-order valence-corrected chi connectivity index (χ1v) is 10.5. The normalized spacial score (nSPS) is 11.2. The minimum absolute atomic E-state index is 0.117. The average Bonchev–Trinajstić information content (AvgIpc) is 3.37. The van der Waals surface area contributed by atoms with Crippen molar-refractivity contribution < 1.29 is 9.21 Å². The van der Waals surface area contributed by atoms with Crippen molar-refractivity contribution in [3.63, 3.8) is 0 Å². The van der Waals surface area contributed by atoms with Crippen LogP contribution in [0.2, 0.25) is 0 Å². The minimum atomic E-state index is -0.117. The second-order valence-electron chi connectivity index (χ2n) is 6.97. The van der Waals surface area contributed by atoms with E-state index < -0.39 is 0 Å². The lowest BCUT2D eigenvalue weighted by Crippen LogP contribution is -2.14. The fourth-order valence-electron chi connectivity index (χ4n) is 3.34. The molecule has 2 aromatic heterocycles. The van der Waals surface area contributed by atoms with Gasteiger partial charge in [-0.1, -0.05) is 47.7 Å². The Morgan fingerprint density at radius 1 is 1.03 bits per heavy atom. The first-order valence-electron chi connectivity index (χ1n) is 9.48. The van der Waals surface area contributed by atoms with Crippen LogP contribution >= 0.6 is 11.8 Å². The first-order chi connectivity index (χ1) is 14.7. The molecule has 0 atom stereocenters. The highest BCUT2D eigenvalue weighted by atomic mass is 32.2. The van der Waals surface area contributed by atoms with E-state index in [9.17, 15) is 4.79 Å². The number of nitrogens with one attached hydrogen (secondary N) is 1. The number of carbonyl (C=O) groups excluding carboxylic acids is 1. The van der Waals surface area contributed by atoms with Crippen molar-refractivity contribution in [2.24, 2.45) is 0 Å². The van der Waals surface area contributed by atoms with Crippen LogP contribution in [-0.4, -0.2) is 26.4 Å². The summed E-state index contributed by atoms with van der Waals surface area (Å²) >= 11 is 1.34. The molecule has 6 nitrogen and oxygen atoms in total. The van der Waals surface area contributed by atoms with Crippen molar-refractivity contribution in [3.8, 4) is 5.69 Å². The molecule has 0 unspecified atom stereocenters. The summed E-state index contributed by atoms with van der Waals surface area (Å²) in [5.41, 5.74) is 4.43. The Balaban J connectivity index is 1.28. The molecule has 0 aliphatic carbocycles. The van der Waals surface area contributed by atoms with Gasteiger partial charge in [-0.2, -0.15) is 0 Å². The van der Waals surface area contributed by atoms with E-state index in [1.54, 1.807) is 6.33 Å². The highest BCUT2D eigenvalue weighted by Crippen LogP contribution is 2.30. The molecule has 30 heavy (non-hydrogen) atoms. The largest absolute Gasteiger partial charge is 0.456 e. The number of rotatable bonds is 5. The van der Waals surface area contributed by atoms with E-state index in [-0.39, 0.29) is 11.7 Å². The molecule has 0 aliphatic rings. The Morgan fingerprint density at radius 2 is 1.83 bits per heavy atom. The predicted octanol–water partition coefficient (Wildman–Crippen LogP) is 5.21. The zero-order valence-corrected chi connectivity index (χ0v) is 17.0. The van der Waals surface area contributed by atoms with Gasteiger partial charge in [0.05, 0.1) is 5.75 Å². The summed E-state index contributed by atoms with van der Waals surface area (Å²) in [7, 11) is 0. The van der Waals surface area contributed by atoms with Crippen molar-refractivity contribution in [3.05, 3.63) is 78.6 Å². The number of benzene rings is 3. The number of furan rings is 1. The fourth-order valence-corrected chi connectivity index (χ4v) is 4.07. The third-order valence-electron chi connectivity index (χ3n) is 4.82. The van der Waals surface area contributed by atoms with Crippen molar-refractivity contribution in [1.29, 1.82) is 0 Å². The molecule has 0 radical (unpaired) electrons. The quantitative estimate of drug-likeness (QED) is 0.400. The van der Waals surface area contributed by atoms with Gasteiger partial charge in [0.25, 0.3) is 0 Å². The standard InChI is InChI=1S/C23H18N4O2S/c1-15-6-9-17(10-7-15)27-14-24-26-23(27)30-13-22(28)25-16-8-11-19-18-4-2-3-5-20(18)29-21(19)12-16/h2-12,14H,13H2,1H3,(H,25,28). The Hall–Kier alpha value is -3.58. The predicted molar refractivity (Wildman–Crippen MR) is 119 cm³/mol. The number of para-hydroxylation sites is 1. The molecule has 2 heterocycles. The van der Waals surface area contributed by atoms with E-state index in [0.29, 0.717) is 10.8 Å². The highest BCUT2D eigenvalue weighted by Gasteiger charge is 2.12. The molecule has 1 N–H and O–H groups in total. The second-order valence-corrected chi connectivity index (χ2v) is 7.91. The number of thioether (sulfide) groups is 1. The van der Waals surface area contributed by atoms with Crippen molar-refractivity contribution >= 4 is 45.3 Å². The summed E-state index contributed by atoms with van der Waals surface area (Å²) in [5.74, 6) is 0.108. The molecule has 0 saturated heterocycles. The Morgan fingerprint density at radius 3 is 2.70 bits per heavy atom. The number of aryl methyl sites for hydroxylation is 1. The third-order valence-corrected chi connectivity index (χ3v) is 5.77. The molecule has 1 amide bonds. The number of hydrogen-bond donors (Lipinski definition) is 1. The van der Waals surface area contributed by atoms with Crippen LogP contribution in [0.5, 0.6) is 0 Å². The number of amides is 1. The maximum Gasteiger partial charge on any atom is 0.234 e. The van der Waals surface area contributed by atoms with Crippen LogP contribution in [0, 0.1) is 6.92 Å². The number of fused-ring (bicyclic) bond motifs is 3. The molecule has 0 aliphatic heterocycles. The molecule has 0 saturated carbocycles. The van der Waals surface area contributed by atoms with Gasteiger partial charge in [-0.05, 0) is 37.3 Å². The molecule has 5 rings (SSSR count). The van der Waals surface area contributed by atoms with Crippen molar-refractivity contribution in [2.75, 3.05) is 11.1 Å². The molecular weight excluding hydrogens is 396 g/mol. The lowest BCUT2D eigenvalue weighted by atomic mass is 10.1. The van der Waals surface area contributed by atoms with Gasteiger partial charge in [-0.3, -0.25) is 9.36 Å². The Labute approximate surface area is 176 Å². The van der Waals surface area contributed by atoms with Gasteiger partial charge >= 0.3 is 0 Å². The molecule has 3 aromatic carbocycles. The zero-order chi connectivity index (χ0) is 20.5. The minimum Gasteiger partial charge on any atom is -0.456 e. The van der Waals surface area contributed by atoms with Crippen molar-refractivity contribution in [2.45, 2.75) is 12.1 Å². The highest BCUT2D eigenvalue weighted by molar-refractivity contribution is 7.99. The average molecular weight is 414 g/mol. The first kappa shape index (κ1) is 18.4. The maximum atomic E-state index is 12.5. The lowest BCUT2D eigenvalue weighted by molar-refractivity contribution is -0.113. The van der Waals surface area contributed by atoms with Gasteiger partial charge in [0.2, 0.25) is 5.91 Å².